The zero-order valence-electron chi connectivity index (χ0n) is 14.1. The van der Waals surface area contributed by atoms with Gasteiger partial charge in [-0.05, 0) is 38.0 Å². The van der Waals surface area contributed by atoms with E-state index in [0.717, 1.165) is 38.0 Å². The van der Waals surface area contributed by atoms with Crippen molar-refractivity contribution in [1.29, 1.82) is 0 Å². The molecule has 3 fully saturated rings. The lowest BCUT2D eigenvalue weighted by Crippen LogP contribution is -2.46. The number of amides is 1. The fraction of sp³-hybridized carbons (Fsp3) is 0.941. The SMILES string of the molecule is CC[P+]1(CCOC(=O)N2CCNCC2)CC2CCCC(C2)C1. The number of nitrogens with zero attached hydrogens (tertiary/aromatic N) is 1. The summed E-state index contributed by atoms with van der Waals surface area (Å²) in [7, 11) is -0.853. The number of rotatable bonds is 4. The summed E-state index contributed by atoms with van der Waals surface area (Å²) in [5.41, 5.74) is 0. The van der Waals surface area contributed by atoms with Crippen molar-refractivity contribution in [3.05, 3.63) is 0 Å². The number of ether oxygens (including phenoxy) is 1. The zero-order valence-corrected chi connectivity index (χ0v) is 15.0. The molecule has 4 nitrogen and oxygen atoms in total. The third kappa shape index (κ3) is 3.94. The number of hydrogen-bond acceptors (Lipinski definition) is 3. The third-order valence-corrected chi connectivity index (χ3v) is 11.1. The Hall–Kier alpha value is -0.340. The molecule has 2 unspecified atom stereocenters. The average Bonchev–Trinajstić information content (AvgIpc) is 2.55. The van der Waals surface area contributed by atoms with Crippen LogP contribution < -0.4 is 5.32 Å². The molecule has 0 radical (unpaired) electrons. The van der Waals surface area contributed by atoms with E-state index in [4.69, 9.17) is 4.74 Å². The molecule has 126 valence electrons. The van der Waals surface area contributed by atoms with Crippen LogP contribution in [0.1, 0.15) is 32.6 Å². The van der Waals surface area contributed by atoms with Gasteiger partial charge in [0.1, 0.15) is 6.61 Å². The third-order valence-electron chi connectivity index (χ3n) is 6.02. The zero-order chi connectivity index (χ0) is 15.4. The Morgan fingerprint density at radius 2 is 1.91 bits per heavy atom. The van der Waals surface area contributed by atoms with Crippen molar-refractivity contribution in [1.82, 2.24) is 10.2 Å². The maximum absolute atomic E-state index is 12.1. The van der Waals surface area contributed by atoms with Crippen molar-refractivity contribution in [2.45, 2.75) is 32.6 Å². The van der Waals surface area contributed by atoms with E-state index in [0.29, 0.717) is 6.61 Å². The normalized spacial score (nSPS) is 35.2. The Morgan fingerprint density at radius 1 is 1.23 bits per heavy atom. The first-order valence-corrected chi connectivity index (χ1v) is 11.7. The summed E-state index contributed by atoms with van der Waals surface area (Å²) in [6.45, 7) is 6.40. The average molecular weight is 327 g/mol. The van der Waals surface area contributed by atoms with Crippen LogP contribution in [0, 0.1) is 11.8 Å². The Labute approximate surface area is 135 Å². The highest BCUT2D eigenvalue weighted by molar-refractivity contribution is 7.76. The molecule has 0 aromatic rings. The molecule has 0 spiro atoms. The van der Waals surface area contributed by atoms with Gasteiger partial charge in [-0.2, -0.15) is 0 Å². The number of carbonyl (C=O) groups excluding carboxylic acids is 1. The number of hydrogen-bond donors (Lipinski definition) is 1. The maximum atomic E-state index is 12.1. The molecule has 1 amide bonds. The fourth-order valence-electron chi connectivity index (χ4n) is 4.77. The maximum Gasteiger partial charge on any atom is 0.409 e. The van der Waals surface area contributed by atoms with Crippen LogP contribution in [-0.2, 0) is 4.74 Å². The van der Waals surface area contributed by atoms with Gasteiger partial charge in [-0.1, -0.05) is 6.42 Å². The van der Waals surface area contributed by atoms with Crippen LogP contribution in [0.25, 0.3) is 0 Å². The molecule has 2 heterocycles. The van der Waals surface area contributed by atoms with E-state index in [2.05, 4.69) is 12.2 Å². The molecule has 3 aliphatic rings. The smallest absolute Gasteiger partial charge is 0.409 e. The van der Waals surface area contributed by atoms with E-state index in [1.165, 1.54) is 50.3 Å². The van der Waals surface area contributed by atoms with Gasteiger partial charge >= 0.3 is 6.09 Å². The Morgan fingerprint density at radius 3 is 2.55 bits per heavy atom. The van der Waals surface area contributed by atoms with Crippen LogP contribution >= 0.6 is 7.26 Å². The highest BCUT2D eigenvalue weighted by atomic mass is 31.2. The Bertz CT molecular complexity index is 373. The van der Waals surface area contributed by atoms with E-state index in [-0.39, 0.29) is 6.09 Å². The van der Waals surface area contributed by atoms with Crippen LogP contribution in [0.4, 0.5) is 4.79 Å². The highest BCUT2D eigenvalue weighted by Gasteiger charge is 2.46. The summed E-state index contributed by atoms with van der Waals surface area (Å²) >= 11 is 0. The predicted molar refractivity (Wildman–Crippen MR) is 93.3 cm³/mol. The lowest BCUT2D eigenvalue weighted by molar-refractivity contribution is 0.103. The fourth-order valence-corrected chi connectivity index (χ4v) is 9.45. The summed E-state index contributed by atoms with van der Waals surface area (Å²) in [5.74, 6) is 1.98. The lowest BCUT2D eigenvalue weighted by atomic mass is 9.83. The first-order chi connectivity index (χ1) is 10.7. The molecule has 0 aromatic carbocycles. The van der Waals surface area contributed by atoms with Crippen molar-refractivity contribution in [2.75, 3.05) is 57.4 Å². The van der Waals surface area contributed by atoms with Gasteiger partial charge < -0.3 is 15.0 Å². The summed E-state index contributed by atoms with van der Waals surface area (Å²) in [4.78, 5) is 14.0. The molecule has 2 aliphatic heterocycles. The Kier molecular flexibility index (Phi) is 5.62. The number of fused-ring (bicyclic) bond motifs is 2. The second-order valence-electron chi connectivity index (χ2n) is 7.50. The minimum atomic E-state index is -0.853. The molecule has 1 saturated carbocycles. The van der Waals surface area contributed by atoms with Crippen molar-refractivity contribution < 1.29 is 9.53 Å². The van der Waals surface area contributed by atoms with E-state index in [1.54, 1.807) is 0 Å². The van der Waals surface area contributed by atoms with Gasteiger partial charge in [0.05, 0.1) is 24.6 Å². The molecule has 0 aromatic heterocycles. The predicted octanol–water partition coefficient (Wildman–Crippen LogP) is 2.89. The summed E-state index contributed by atoms with van der Waals surface area (Å²) in [5, 5.41) is 3.27. The summed E-state index contributed by atoms with van der Waals surface area (Å²) in [6.07, 6.45) is 11.3. The molecule has 1 aliphatic carbocycles. The topological polar surface area (TPSA) is 41.6 Å². The van der Waals surface area contributed by atoms with Gasteiger partial charge in [0, 0.05) is 33.4 Å². The number of carbonyl (C=O) groups is 1. The van der Waals surface area contributed by atoms with Gasteiger partial charge in [0.25, 0.3) is 0 Å². The van der Waals surface area contributed by atoms with Gasteiger partial charge in [-0.3, -0.25) is 0 Å². The van der Waals surface area contributed by atoms with E-state index >= 15 is 0 Å². The first kappa shape index (κ1) is 16.5. The standard InChI is InChI=1S/C17H32N2O2P/c1-2-22(13-15-4-3-5-16(12-15)14-22)11-10-21-17(20)19-8-6-18-7-9-19/h15-16,18H,2-14H2,1H3/q+1. The largest absolute Gasteiger partial charge is 0.446 e. The second kappa shape index (κ2) is 7.49. The molecule has 2 bridgehead atoms. The minimum absolute atomic E-state index is 0.0899. The van der Waals surface area contributed by atoms with Crippen molar-refractivity contribution in [2.24, 2.45) is 11.8 Å². The van der Waals surface area contributed by atoms with E-state index in [1.807, 2.05) is 4.90 Å². The molecule has 2 saturated heterocycles. The van der Waals surface area contributed by atoms with Gasteiger partial charge in [-0.15, -0.1) is 0 Å². The van der Waals surface area contributed by atoms with Crippen molar-refractivity contribution >= 4 is 13.4 Å². The lowest BCUT2D eigenvalue weighted by Gasteiger charge is -2.42. The number of piperazine rings is 1. The molecule has 2 atom stereocenters. The summed E-state index contributed by atoms with van der Waals surface area (Å²) in [6, 6.07) is 0. The Balaban J connectivity index is 1.47. The second-order valence-corrected chi connectivity index (χ2v) is 12.0. The van der Waals surface area contributed by atoms with Crippen LogP contribution in [0.15, 0.2) is 0 Å². The monoisotopic (exact) mass is 327 g/mol. The minimum Gasteiger partial charge on any atom is -0.446 e. The van der Waals surface area contributed by atoms with Gasteiger partial charge in [0.2, 0.25) is 0 Å². The molecule has 22 heavy (non-hydrogen) atoms. The molecule has 3 rings (SSSR count). The van der Waals surface area contributed by atoms with E-state index < -0.39 is 7.26 Å². The van der Waals surface area contributed by atoms with Crippen LogP contribution in [-0.4, -0.2) is 68.4 Å². The van der Waals surface area contributed by atoms with Crippen LogP contribution in [0.2, 0.25) is 0 Å². The molecule has 1 N–H and O–H groups in total. The number of nitrogens with one attached hydrogen (secondary N) is 1. The first-order valence-electron chi connectivity index (χ1n) is 9.18. The molecular weight excluding hydrogens is 295 g/mol. The van der Waals surface area contributed by atoms with E-state index in [9.17, 15) is 4.79 Å². The van der Waals surface area contributed by atoms with Gasteiger partial charge in [-0.25, -0.2) is 4.79 Å². The van der Waals surface area contributed by atoms with Crippen LogP contribution in [0.3, 0.4) is 0 Å². The summed E-state index contributed by atoms with van der Waals surface area (Å²) < 4.78 is 5.62. The van der Waals surface area contributed by atoms with Gasteiger partial charge in [0.15, 0.2) is 0 Å². The highest BCUT2D eigenvalue weighted by Crippen LogP contribution is 2.66. The quantitative estimate of drug-likeness (QED) is 0.807. The van der Waals surface area contributed by atoms with Crippen LogP contribution in [0.5, 0.6) is 0 Å². The van der Waals surface area contributed by atoms with Crippen molar-refractivity contribution in [3.63, 3.8) is 0 Å². The van der Waals surface area contributed by atoms with Crippen molar-refractivity contribution in [3.8, 4) is 0 Å². The molecular formula is C17H32N2O2P+. The molecule has 5 heteroatoms.